The molecule has 0 aliphatic carbocycles. The predicted molar refractivity (Wildman–Crippen MR) is 84.2 cm³/mol. The number of nitro benzene ring substituents is 1. The van der Waals surface area contributed by atoms with Crippen molar-refractivity contribution < 1.29 is 24.0 Å². The SMILES string of the molecule is CCc1oc(C(=O)NCCc2ccccc2[N+](=O)[O-])cc1C(=O)O. The largest absolute Gasteiger partial charge is 0.478 e. The van der Waals surface area contributed by atoms with Crippen molar-refractivity contribution in [3.63, 3.8) is 0 Å². The van der Waals surface area contributed by atoms with Crippen LogP contribution in [-0.4, -0.2) is 28.5 Å². The summed E-state index contributed by atoms with van der Waals surface area (Å²) in [5.41, 5.74) is 0.454. The van der Waals surface area contributed by atoms with Gasteiger partial charge in [-0.05, 0) is 6.42 Å². The van der Waals surface area contributed by atoms with Gasteiger partial charge in [-0.3, -0.25) is 14.9 Å². The zero-order chi connectivity index (χ0) is 17.7. The van der Waals surface area contributed by atoms with Crippen molar-refractivity contribution in [2.24, 2.45) is 0 Å². The van der Waals surface area contributed by atoms with Crippen LogP contribution in [-0.2, 0) is 12.8 Å². The lowest BCUT2D eigenvalue weighted by Crippen LogP contribution is -2.25. The van der Waals surface area contributed by atoms with Crippen LogP contribution >= 0.6 is 0 Å². The van der Waals surface area contributed by atoms with Crippen molar-refractivity contribution >= 4 is 17.6 Å². The Morgan fingerprint density at radius 1 is 1.33 bits per heavy atom. The van der Waals surface area contributed by atoms with Gasteiger partial charge < -0.3 is 14.8 Å². The number of para-hydroxylation sites is 1. The maximum absolute atomic E-state index is 12.0. The molecule has 0 unspecified atom stereocenters. The molecule has 24 heavy (non-hydrogen) atoms. The number of rotatable bonds is 7. The van der Waals surface area contributed by atoms with Crippen molar-refractivity contribution in [1.82, 2.24) is 5.32 Å². The molecular formula is C16H16N2O6. The summed E-state index contributed by atoms with van der Waals surface area (Å²) >= 11 is 0. The van der Waals surface area contributed by atoms with Gasteiger partial charge in [0.2, 0.25) is 0 Å². The van der Waals surface area contributed by atoms with E-state index in [9.17, 15) is 19.7 Å². The van der Waals surface area contributed by atoms with E-state index in [1.165, 1.54) is 12.1 Å². The zero-order valence-corrected chi connectivity index (χ0v) is 12.9. The van der Waals surface area contributed by atoms with Crippen LogP contribution in [0.1, 0.15) is 39.2 Å². The van der Waals surface area contributed by atoms with Gasteiger partial charge >= 0.3 is 5.97 Å². The Labute approximate surface area is 137 Å². The first-order valence-corrected chi connectivity index (χ1v) is 7.30. The lowest BCUT2D eigenvalue weighted by Gasteiger charge is -2.04. The predicted octanol–water partition coefficient (Wildman–Crippen LogP) is 2.42. The summed E-state index contributed by atoms with van der Waals surface area (Å²) in [7, 11) is 0. The molecule has 0 atom stereocenters. The number of carboxylic acid groups (broad SMARTS) is 1. The molecule has 1 aromatic carbocycles. The van der Waals surface area contributed by atoms with Crippen LogP contribution in [0.15, 0.2) is 34.7 Å². The lowest BCUT2D eigenvalue weighted by molar-refractivity contribution is -0.385. The Kier molecular flexibility index (Phi) is 5.31. The van der Waals surface area contributed by atoms with Crippen LogP contribution < -0.4 is 5.32 Å². The molecule has 2 N–H and O–H groups in total. The quantitative estimate of drug-likeness (QED) is 0.593. The summed E-state index contributed by atoms with van der Waals surface area (Å²) in [5.74, 6) is -1.58. The monoisotopic (exact) mass is 332 g/mol. The van der Waals surface area contributed by atoms with Crippen molar-refractivity contribution in [3.8, 4) is 0 Å². The number of hydrogen-bond donors (Lipinski definition) is 2. The summed E-state index contributed by atoms with van der Waals surface area (Å²) in [4.78, 5) is 33.5. The fraction of sp³-hybridized carbons (Fsp3) is 0.250. The van der Waals surface area contributed by atoms with Crippen molar-refractivity contribution in [2.45, 2.75) is 19.8 Å². The molecule has 0 fully saturated rings. The molecule has 0 aliphatic rings. The fourth-order valence-electron chi connectivity index (χ4n) is 2.28. The zero-order valence-electron chi connectivity index (χ0n) is 12.9. The average molecular weight is 332 g/mol. The summed E-state index contributed by atoms with van der Waals surface area (Å²) in [6, 6.07) is 7.46. The number of hydrogen-bond acceptors (Lipinski definition) is 5. The third kappa shape index (κ3) is 3.78. The van der Waals surface area contributed by atoms with Gasteiger partial charge in [0.05, 0.1) is 4.92 Å². The van der Waals surface area contributed by atoms with E-state index in [-0.39, 0.29) is 35.7 Å². The highest BCUT2D eigenvalue weighted by Gasteiger charge is 2.20. The number of nitro groups is 1. The van der Waals surface area contributed by atoms with E-state index in [0.717, 1.165) is 0 Å². The van der Waals surface area contributed by atoms with Crippen LogP contribution in [0, 0.1) is 10.1 Å². The van der Waals surface area contributed by atoms with Gasteiger partial charge in [-0.2, -0.15) is 0 Å². The number of carbonyl (C=O) groups excluding carboxylic acids is 1. The van der Waals surface area contributed by atoms with Crippen LogP contribution in [0.2, 0.25) is 0 Å². The molecule has 1 heterocycles. The highest BCUT2D eigenvalue weighted by Crippen LogP contribution is 2.18. The summed E-state index contributed by atoms with van der Waals surface area (Å²) in [6.45, 7) is 1.88. The minimum absolute atomic E-state index is 0.00817. The van der Waals surface area contributed by atoms with Crippen LogP contribution in [0.5, 0.6) is 0 Å². The summed E-state index contributed by atoms with van der Waals surface area (Å²) in [6.07, 6.45) is 0.626. The topological polar surface area (TPSA) is 123 Å². The maximum Gasteiger partial charge on any atom is 0.339 e. The van der Waals surface area contributed by atoms with E-state index in [1.807, 2.05) is 0 Å². The number of carboxylic acids is 1. The molecule has 126 valence electrons. The second kappa shape index (κ2) is 7.40. The fourth-order valence-corrected chi connectivity index (χ4v) is 2.28. The number of nitrogens with one attached hydrogen (secondary N) is 1. The summed E-state index contributed by atoms with van der Waals surface area (Å²) < 4.78 is 5.25. The number of nitrogens with zero attached hydrogens (tertiary/aromatic N) is 1. The van der Waals surface area contributed by atoms with Crippen LogP contribution in [0.25, 0.3) is 0 Å². The van der Waals surface area contributed by atoms with E-state index < -0.39 is 16.8 Å². The Balaban J connectivity index is 2.02. The normalized spacial score (nSPS) is 10.4. The summed E-state index contributed by atoms with van der Waals surface area (Å²) in [5, 5.41) is 22.5. The van der Waals surface area contributed by atoms with E-state index in [1.54, 1.807) is 25.1 Å². The van der Waals surface area contributed by atoms with Crippen molar-refractivity contribution in [1.29, 1.82) is 0 Å². The molecule has 2 aromatic rings. The molecule has 8 nitrogen and oxygen atoms in total. The number of aromatic carboxylic acids is 1. The highest BCUT2D eigenvalue weighted by atomic mass is 16.6. The molecule has 1 aromatic heterocycles. The van der Waals surface area contributed by atoms with Crippen molar-refractivity contribution in [3.05, 3.63) is 63.1 Å². The van der Waals surface area contributed by atoms with Crippen LogP contribution in [0.3, 0.4) is 0 Å². The Bertz CT molecular complexity index is 781. The molecule has 1 amide bonds. The Morgan fingerprint density at radius 2 is 2.04 bits per heavy atom. The van der Waals surface area contributed by atoms with Gasteiger partial charge in [0.15, 0.2) is 5.76 Å². The molecule has 0 aliphatic heterocycles. The first-order chi connectivity index (χ1) is 11.4. The lowest BCUT2D eigenvalue weighted by atomic mass is 10.1. The molecule has 8 heteroatoms. The van der Waals surface area contributed by atoms with Gasteiger partial charge in [-0.25, -0.2) is 4.79 Å². The first-order valence-electron chi connectivity index (χ1n) is 7.30. The Hall–Kier alpha value is -3.16. The van der Waals surface area contributed by atoms with Gasteiger partial charge in [0.1, 0.15) is 11.3 Å². The van der Waals surface area contributed by atoms with Gasteiger partial charge in [0.25, 0.3) is 11.6 Å². The van der Waals surface area contributed by atoms with Gasteiger partial charge in [-0.1, -0.05) is 25.1 Å². The number of benzene rings is 1. The standard InChI is InChI=1S/C16H16N2O6/c1-2-13-11(16(20)21)9-14(24-13)15(19)17-8-7-10-5-3-4-6-12(10)18(22)23/h3-6,9H,2,7-8H2,1H3,(H,17,19)(H,20,21). The van der Waals surface area contributed by atoms with Crippen molar-refractivity contribution in [2.75, 3.05) is 6.54 Å². The van der Waals surface area contributed by atoms with E-state index in [0.29, 0.717) is 12.0 Å². The third-order valence-corrected chi connectivity index (χ3v) is 3.45. The average Bonchev–Trinajstić information content (AvgIpc) is 2.99. The van der Waals surface area contributed by atoms with E-state index in [2.05, 4.69) is 5.32 Å². The first kappa shape index (κ1) is 17.2. The maximum atomic E-state index is 12.0. The minimum atomic E-state index is -1.16. The third-order valence-electron chi connectivity index (χ3n) is 3.45. The number of amides is 1. The van der Waals surface area contributed by atoms with E-state index in [4.69, 9.17) is 9.52 Å². The molecule has 0 bridgehead atoms. The van der Waals surface area contributed by atoms with Gasteiger partial charge in [0, 0.05) is 30.7 Å². The second-order valence-electron chi connectivity index (χ2n) is 5.00. The second-order valence-corrected chi connectivity index (χ2v) is 5.00. The number of furan rings is 1. The minimum Gasteiger partial charge on any atom is -0.478 e. The number of aryl methyl sites for hydroxylation is 1. The van der Waals surface area contributed by atoms with E-state index >= 15 is 0 Å². The Morgan fingerprint density at radius 3 is 2.62 bits per heavy atom. The molecule has 0 spiro atoms. The van der Waals surface area contributed by atoms with Gasteiger partial charge in [-0.15, -0.1) is 0 Å². The highest BCUT2D eigenvalue weighted by molar-refractivity contribution is 5.96. The molecule has 0 saturated heterocycles. The molecular weight excluding hydrogens is 316 g/mol. The molecule has 2 rings (SSSR count). The smallest absolute Gasteiger partial charge is 0.339 e. The molecule has 0 saturated carbocycles. The van der Waals surface area contributed by atoms with Crippen LogP contribution in [0.4, 0.5) is 5.69 Å². The number of carbonyl (C=O) groups is 2. The molecule has 0 radical (unpaired) electrons.